The molecule has 2 aromatic carbocycles. The molecule has 2 N–H and O–H groups in total. The van der Waals surface area contributed by atoms with Crippen molar-refractivity contribution in [1.29, 1.82) is 0 Å². The van der Waals surface area contributed by atoms with E-state index in [1.165, 1.54) is 0 Å². The monoisotopic (exact) mass is 430 g/mol. The Morgan fingerprint density at radius 1 is 1.00 bits per heavy atom. The summed E-state index contributed by atoms with van der Waals surface area (Å²) in [5, 5.41) is 5.82. The number of hydrogen-bond acceptors (Lipinski definition) is 5. The van der Waals surface area contributed by atoms with Gasteiger partial charge in [0.1, 0.15) is 5.60 Å². The smallest absolute Gasteiger partial charge is 0.407 e. The van der Waals surface area contributed by atoms with Crippen molar-refractivity contribution in [3.05, 3.63) is 78.1 Å². The van der Waals surface area contributed by atoms with E-state index in [-0.39, 0.29) is 17.9 Å². The van der Waals surface area contributed by atoms with Crippen LogP contribution in [0, 0.1) is 0 Å². The molecule has 1 saturated carbocycles. The van der Waals surface area contributed by atoms with Crippen molar-refractivity contribution in [2.75, 3.05) is 5.32 Å². The van der Waals surface area contributed by atoms with E-state index in [9.17, 15) is 9.59 Å². The topological polar surface area (TPSA) is 93.2 Å². The number of nitrogens with zero attached hydrogens (tertiary/aromatic N) is 2. The molecule has 4 rings (SSSR count). The molecular weight excluding hydrogens is 404 g/mol. The van der Waals surface area contributed by atoms with E-state index in [2.05, 4.69) is 20.6 Å². The number of alkyl carbamates (subject to hydrolysis) is 1. The molecule has 1 aliphatic rings. The summed E-state index contributed by atoms with van der Waals surface area (Å²) in [6.45, 7) is 5.51. The van der Waals surface area contributed by atoms with Gasteiger partial charge in [-0.25, -0.2) is 14.8 Å². The summed E-state index contributed by atoms with van der Waals surface area (Å²) < 4.78 is 5.32. The molecule has 1 aliphatic carbocycles. The first-order valence-electron chi connectivity index (χ1n) is 10.6. The lowest BCUT2D eigenvalue weighted by molar-refractivity contribution is 0.0522. The third-order valence-electron chi connectivity index (χ3n) is 5.04. The van der Waals surface area contributed by atoms with E-state index < -0.39 is 11.7 Å². The minimum Gasteiger partial charge on any atom is -0.444 e. The number of aromatic nitrogens is 2. The van der Waals surface area contributed by atoms with Gasteiger partial charge in [-0.2, -0.15) is 0 Å². The minimum atomic E-state index is -0.529. The highest BCUT2D eigenvalue weighted by atomic mass is 16.6. The van der Waals surface area contributed by atoms with E-state index in [1.807, 2.05) is 63.2 Å². The summed E-state index contributed by atoms with van der Waals surface area (Å²) in [4.78, 5) is 33.2. The van der Waals surface area contributed by atoms with Crippen LogP contribution in [-0.4, -0.2) is 33.6 Å². The molecule has 2 amide bonds. The highest BCUT2D eigenvalue weighted by Crippen LogP contribution is 2.41. The molecule has 1 heterocycles. The van der Waals surface area contributed by atoms with Gasteiger partial charge in [-0.05, 0) is 75.2 Å². The van der Waals surface area contributed by atoms with Crippen molar-refractivity contribution in [2.45, 2.75) is 44.8 Å². The molecule has 7 heteroatoms. The molecule has 0 spiro atoms. The number of carbonyl (C=O) groups excluding carboxylic acids is 2. The van der Waals surface area contributed by atoms with Crippen LogP contribution in [0.5, 0.6) is 0 Å². The van der Waals surface area contributed by atoms with Crippen molar-refractivity contribution in [1.82, 2.24) is 15.3 Å². The van der Waals surface area contributed by atoms with Gasteiger partial charge in [0.25, 0.3) is 5.91 Å². The highest BCUT2D eigenvalue weighted by Gasteiger charge is 2.40. The number of rotatable bonds is 5. The Labute approximate surface area is 187 Å². The van der Waals surface area contributed by atoms with Crippen LogP contribution in [0.1, 0.15) is 49.0 Å². The van der Waals surface area contributed by atoms with Crippen LogP contribution in [0.4, 0.5) is 10.5 Å². The van der Waals surface area contributed by atoms with Crippen LogP contribution in [0.15, 0.2) is 67.0 Å². The summed E-state index contributed by atoms with van der Waals surface area (Å²) in [5.41, 5.74) is 2.63. The average molecular weight is 431 g/mol. The van der Waals surface area contributed by atoms with E-state index in [4.69, 9.17) is 4.74 Å². The fraction of sp³-hybridized carbons (Fsp3) is 0.280. The molecular formula is C25H26N4O3. The maximum absolute atomic E-state index is 12.8. The van der Waals surface area contributed by atoms with Crippen LogP contribution in [0.3, 0.4) is 0 Å². The number of benzene rings is 2. The predicted molar refractivity (Wildman–Crippen MR) is 122 cm³/mol. The van der Waals surface area contributed by atoms with Gasteiger partial charge in [-0.3, -0.25) is 4.79 Å². The zero-order chi connectivity index (χ0) is 22.7. The Kier molecular flexibility index (Phi) is 5.90. The minimum absolute atomic E-state index is 0.0240. The normalized spacial score (nSPS) is 17.3. The molecule has 0 radical (unpaired) electrons. The SMILES string of the molecule is CC(C)(C)OC(=O)N[C@@H]1C[C@H]1c1cccc(C(=O)Nc2ccc(-c3ncccn3)cc2)c1. The van der Waals surface area contributed by atoms with Gasteiger partial charge in [0.2, 0.25) is 0 Å². The first-order chi connectivity index (χ1) is 15.3. The van der Waals surface area contributed by atoms with Crippen LogP contribution >= 0.6 is 0 Å². The number of ether oxygens (including phenoxy) is 1. The van der Waals surface area contributed by atoms with Crippen molar-refractivity contribution < 1.29 is 14.3 Å². The summed E-state index contributed by atoms with van der Waals surface area (Å²) in [5.74, 6) is 0.630. The van der Waals surface area contributed by atoms with E-state index in [0.29, 0.717) is 17.1 Å². The molecule has 164 valence electrons. The van der Waals surface area contributed by atoms with Crippen molar-refractivity contribution in [3.8, 4) is 11.4 Å². The van der Waals surface area contributed by atoms with Gasteiger partial charge in [0.15, 0.2) is 5.82 Å². The van der Waals surface area contributed by atoms with Gasteiger partial charge >= 0.3 is 6.09 Å². The molecule has 7 nitrogen and oxygen atoms in total. The van der Waals surface area contributed by atoms with Crippen LogP contribution in [0.2, 0.25) is 0 Å². The first-order valence-corrected chi connectivity index (χ1v) is 10.6. The Bertz CT molecular complexity index is 1110. The van der Waals surface area contributed by atoms with Gasteiger partial charge in [0, 0.05) is 41.2 Å². The second-order valence-corrected chi connectivity index (χ2v) is 8.82. The number of amides is 2. The Morgan fingerprint density at radius 3 is 2.41 bits per heavy atom. The molecule has 0 bridgehead atoms. The standard InChI is InChI=1S/C25H26N4O3/c1-25(2,3)32-24(31)29-21-15-20(21)17-6-4-7-18(14-17)23(30)28-19-10-8-16(9-11-19)22-26-12-5-13-27-22/h4-14,20-21H,15H2,1-3H3,(H,28,30)(H,29,31)/t20-,21+/m0/s1. The van der Waals surface area contributed by atoms with Crippen LogP contribution in [-0.2, 0) is 4.74 Å². The largest absolute Gasteiger partial charge is 0.444 e. The summed E-state index contributed by atoms with van der Waals surface area (Å²) in [6.07, 6.45) is 3.80. The lowest BCUT2D eigenvalue weighted by atomic mass is 10.1. The molecule has 0 aliphatic heterocycles. The maximum atomic E-state index is 12.8. The highest BCUT2D eigenvalue weighted by molar-refractivity contribution is 6.04. The second-order valence-electron chi connectivity index (χ2n) is 8.82. The lowest BCUT2D eigenvalue weighted by Gasteiger charge is -2.19. The fourth-order valence-corrected chi connectivity index (χ4v) is 3.45. The van der Waals surface area contributed by atoms with Crippen molar-refractivity contribution in [2.24, 2.45) is 0 Å². The molecule has 0 unspecified atom stereocenters. The molecule has 3 aromatic rings. The second kappa shape index (κ2) is 8.78. The van der Waals surface area contributed by atoms with Crippen molar-refractivity contribution in [3.63, 3.8) is 0 Å². The van der Waals surface area contributed by atoms with Gasteiger partial charge in [-0.15, -0.1) is 0 Å². The number of carbonyl (C=O) groups is 2. The molecule has 2 atom stereocenters. The van der Waals surface area contributed by atoms with E-state index >= 15 is 0 Å². The Hall–Kier alpha value is -3.74. The molecule has 1 fully saturated rings. The van der Waals surface area contributed by atoms with Crippen LogP contribution < -0.4 is 10.6 Å². The van der Waals surface area contributed by atoms with Crippen molar-refractivity contribution >= 4 is 17.7 Å². The summed E-state index contributed by atoms with van der Waals surface area (Å²) >= 11 is 0. The average Bonchev–Trinajstić information content (AvgIpc) is 3.52. The number of anilines is 1. The van der Waals surface area contributed by atoms with E-state index in [1.54, 1.807) is 24.5 Å². The zero-order valence-corrected chi connectivity index (χ0v) is 18.3. The third kappa shape index (κ3) is 5.49. The zero-order valence-electron chi connectivity index (χ0n) is 18.3. The first kappa shape index (κ1) is 21.5. The number of nitrogens with one attached hydrogen (secondary N) is 2. The molecule has 0 saturated heterocycles. The van der Waals surface area contributed by atoms with Gasteiger partial charge in [-0.1, -0.05) is 12.1 Å². The van der Waals surface area contributed by atoms with Gasteiger partial charge in [0.05, 0.1) is 0 Å². The third-order valence-corrected chi connectivity index (χ3v) is 5.04. The molecule has 1 aromatic heterocycles. The lowest BCUT2D eigenvalue weighted by Crippen LogP contribution is -2.34. The fourth-order valence-electron chi connectivity index (χ4n) is 3.45. The molecule has 32 heavy (non-hydrogen) atoms. The quantitative estimate of drug-likeness (QED) is 0.608. The maximum Gasteiger partial charge on any atom is 0.407 e. The predicted octanol–water partition coefficient (Wildman–Crippen LogP) is 4.78. The summed E-state index contributed by atoms with van der Waals surface area (Å²) in [6, 6.07) is 16.7. The van der Waals surface area contributed by atoms with Crippen LogP contribution in [0.25, 0.3) is 11.4 Å². The summed E-state index contributed by atoms with van der Waals surface area (Å²) in [7, 11) is 0. The Morgan fingerprint density at radius 2 is 1.72 bits per heavy atom. The van der Waals surface area contributed by atoms with Gasteiger partial charge < -0.3 is 15.4 Å². The number of hydrogen-bond donors (Lipinski definition) is 2. The van der Waals surface area contributed by atoms with E-state index in [0.717, 1.165) is 17.5 Å². The Balaban J connectivity index is 1.36.